The Balaban J connectivity index is 1.67. The topological polar surface area (TPSA) is 92.8 Å². The molecule has 0 saturated carbocycles. The molecule has 1 fully saturated rings. The van der Waals surface area contributed by atoms with Gasteiger partial charge in [0.1, 0.15) is 4.21 Å². The Morgan fingerprint density at radius 1 is 1.14 bits per heavy atom. The van der Waals surface area contributed by atoms with Crippen LogP contribution in [0.15, 0.2) is 40.6 Å². The zero-order valence-corrected chi connectivity index (χ0v) is 18.0. The molecule has 1 N–H and O–H groups in total. The molecule has 1 amide bonds. The van der Waals surface area contributed by atoms with Gasteiger partial charge in [-0.05, 0) is 62.1 Å². The van der Waals surface area contributed by atoms with Crippen molar-refractivity contribution >= 4 is 38.9 Å². The van der Waals surface area contributed by atoms with Gasteiger partial charge in [-0.3, -0.25) is 4.79 Å². The van der Waals surface area contributed by atoms with E-state index >= 15 is 0 Å². The molecule has 3 rings (SSSR count). The molecule has 1 aliphatic rings. The molecule has 9 heteroatoms. The van der Waals surface area contributed by atoms with Gasteiger partial charge in [-0.25, -0.2) is 13.2 Å². The zero-order valence-electron chi connectivity index (χ0n) is 16.4. The van der Waals surface area contributed by atoms with Crippen LogP contribution in [0.3, 0.4) is 0 Å². The molecule has 1 aliphatic heterocycles. The molecular formula is C20H24N2O5S2. The van der Waals surface area contributed by atoms with Crippen LogP contribution in [0.1, 0.15) is 46.7 Å². The summed E-state index contributed by atoms with van der Waals surface area (Å²) < 4.78 is 32.2. The number of anilines is 1. The maximum Gasteiger partial charge on any atom is 0.338 e. The monoisotopic (exact) mass is 436 g/mol. The number of hydrogen-bond acceptors (Lipinski definition) is 6. The summed E-state index contributed by atoms with van der Waals surface area (Å²) in [5, 5.41) is 2.72. The molecule has 0 atom stereocenters. The van der Waals surface area contributed by atoms with E-state index in [9.17, 15) is 18.0 Å². The van der Waals surface area contributed by atoms with Crippen LogP contribution in [0.2, 0.25) is 0 Å². The second-order valence-corrected chi connectivity index (χ2v) is 10.2. The maximum absolute atomic E-state index is 12.8. The number of esters is 1. The van der Waals surface area contributed by atoms with Gasteiger partial charge in [0, 0.05) is 18.8 Å². The van der Waals surface area contributed by atoms with Crippen molar-refractivity contribution in [1.29, 1.82) is 0 Å². The van der Waals surface area contributed by atoms with E-state index in [1.807, 2.05) is 0 Å². The normalized spacial score (nSPS) is 15.8. The Bertz CT molecular complexity index is 975. The molecule has 0 unspecified atom stereocenters. The highest BCUT2D eigenvalue weighted by atomic mass is 32.2. The third-order valence-electron chi connectivity index (χ3n) is 4.80. The number of carbonyl (C=O) groups is 2. The number of benzene rings is 1. The number of carbonyl (C=O) groups excluding carboxylic acids is 2. The van der Waals surface area contributed by atoms with Crippen molar-refractivity contribution in [2.24, 2.45) is 5.92 Å². The third-order valence-corrected chi connectivity index (χ3v) is 8.25. The molecule has 0 spiro atoms. The number of rotatable bonds is 6. The molecule has 1 saturated heterocycles. The lowest BCUT2D eigenvalue weighted by Gasteiger charge is -2.28. The lowest BCUT2D eigenvalue weighted by atomic mass is 10.0. The number of nitrogens with zero attached hydrogens (tertiary/aromatic N) is 1. The first kappa shape index (κ1) is 21.5. The van der Waals surface area contributed by atoms with Gasteiger partial charge in [0.2, 0.25) is 0 Å². The average Bonchev–Trinajstić information content (AvgIpc) is 3.20. The first-order valence-corrected chi connectivity index (χ1v) is 11.8. The Morgan fingerprint density at radius 3 is 2.41 bits per heavy atom. The van der Waals surface area contributed by atoms with Crippen molar-refractivity contribution in [3.8, 4) is 0 Å². The molecule has 0 bridgehead atoms. The smallest absolute Gasteiger partial charge is 0.338 e. The van der Waals surface area contributed by atoms with E-state index in [4.69, 9.17) is 4.74 Å². The molecule has 2 aromatic rings. The van der Waals surface area contributed by atoms with Crippen molar-refractivity contribution in [1.82, 2.24) is 4.31 Å². The summed E-state index contributed by atoms with van der Waals surface area (Å²) in [6, 6.07) is 9.34. The van der Waals surface area contributed by atoms with Crippen LogP contribution in [0, 0.1) is 5.92 Å². The van der Waals surface area contributed by atoms with E-state index in [2.05, 4.69) is 12.2 Å². The number of ether oxygens (including phenoxy) is 1. The van der Waals surface area contributed by atoms with Gasteiger partial charge < -0.3 is 10.1 Å². The standard InChI is InChI=1S/C20H24N2O5S2/c1-3-27-20(24)15-4-6-16(7-5-15)21-19(23)17-8-9-18(28-17)29(25,26)22-12-10-14(2)11-13-22/h4-9,14H,3,10-13H2,1-2H3,(H,21,23). The van der Waals surface area contributed by atoms with Crippen molar-refractivity contribution in [2.75, 3.05) is 25.0 Å². The van der Waals surface area contributed by atoms with E-state index in [0.29, 0.717) is 35.1 Å². The van der Waals surface area contributed by atoms with E-state index < -0.39 is 21.9 Å². The van der Waals surface area contributed by atoms with Gasteiger partial charge in [0.25, 0.3) is 15.9 Å². The van der Waals surface area contributed by atoms with Crippen LogP contribution in [-0.2, 0) is 14.8 Å². The summed E-state index contributed by atoms with van der Waals surface area (Å²) in [6.07, 6.45) is 1.69. The van der Waals surface area contributed by atoms with Gasteiger partial charge in [-0.15, -0.1) is 11.3 Å². The highest BCUT2D eigenvalue weighted by Gasteiger charge is 2.29. The predicted molar refractivity (Wildman–Crippen MR) is 112 cm³/mol. The molecule has 0 radical (unpaired) electrons. The van der Waals surface area contributed by atoms with Crippen molar-refractivity contribution in [3.63, 3.8) is 0 Å². The van der Waals surface area contributed by atoms with Crippen LogP contribution in [0.25, 0.3) is 0 Å². The SMILES string of the molecule is CCOC(=O)c1ccc(NC(=O)c2ccc(S(=O)(=O)N3CCC(C)CC3)s2)cc1. The van der Waals surface area contributed by atoms with Crippen molar-refractivity contribution in [2.45, 2.75) is 30.9 Å². The highest BCUT2D eigenvalue weighted by Crippen LogP contribution is 2.28. The number of amides is 1. The van der Waals surface area contributed by atoms with Crippen LogP contribution >= 0.6 is 11.3 Å². The summed E-state index contributed by atoms with van der Waals surface area (Å²) in [5.41, 5.74) is 0.899. The van der Waals surface area contributed by atoms with E-state index in [-0.39, 0.29) is 10.8 Å². The largest absolute Gasteiger partial charge is 0.462 e. The minimum atomic E-state index is -3.57. The van der Waals surface area contributed by atoms with Crippen LogP contribution in [0.5, 0.6) is 0 Å². The first-order valence-electron chi connectivity index (χ1n) is 9.49. The zero-order chi connectivity index (χ0) is 21.0. The van der Waals surface area contributed by atoms with Gasteiger partial charge in [0.15, 0.2) is 0 Å². The number of hydrogen-bond donors (Lipinski definition) is 1. The molecule has 156 valence electrons. The third kappa shape index (κ3) is 5.04. The predicted octanol–water partition coefficient (Wildman–Crippen LogP) is 3.60. The second-order valence-electron chi connectivity index (χ2n) is 6.96. The summed E-state index contributed by atoms with van der Waals surface area (Å²) >= 11 is 0.960. The fraction of sp³-hybridized carbons (Fsp3) is 0.400. The molecular weight excluding hydrogens is 412 g/mol. The van der Waals surface area contributed by atoms with Gasteiger partial charge in [0.05, 0.1) is 17.0 Å². The molecule has 7 nitrogen and oxygen atoms in total. The van der Waals surface area contributed by atoms with E-state index in [1.165, 1.54) is 16.4 Å². The Labute approximate surface area is 174 Å². The summed E-state index contributed by atoms with van der Waals surface area (Å²) in [7, 11) is -3.57. The summed E-state index contributed by atoms with van der Waals surface area (Å²) in [4.78, 5) is 24.5. The van der Waals surface area contributed by atoms with Gasteiger partial charge in [-0.1, -0.05) is 6.92 Å². The molecule has 29 heavy (non-hydrogen) atoms. The summed E-state index contributed by atoms with van der Waals surface area (Å²) in [5.74, 6) is -0.292. The highest BCUT2D eigenvalue weighted by molar-refractivity contribution is 7.91. The number of thiophene rings is 1. The second kappa shape index (κ2) is 9.06. The minimum absolute atomic E-state index is 0.176. The van der Waals surface area contributed by atoms with Crippen LogP contribution in [-0.4, -0.2) is 44.3 Å². The molecule has 0 aliphatic carbocycles. The lowest BCUT2D eigenvalue weighted by molar-refractivity contribution is 0.0526. The fourth-order valence-corrected chi connectivity index (χ4v) is 5.86. The molecule has 2 heterocycles. The number of sulfonamides is 1. The van der Waals surface area contributed by atoms with E-state index in [1.54, 1.807) is 31.2 Å². The summed E-state index contributed by atoms with van der Waals surface area (Å²) in [6.45, 7) is 5.16. The van der Waals surface area contributed by atoms with Crippen LogP contribution in [0.4, 0.5) is 5.69 Å². The average molecular weight is 437 g/mol. The van der Waals surface area contributed by atoms with E-state index in [0.717, 1.165) is 24.2 Å². The molecule has 1 aromatic heterocycles. The quantitative estimate of drug-likeness (QED) is 0.699. The lowest BCUT2D eigenvalue weighted by Crippen LogP contribution is -2.37. The van der Waals surface area contributed by atoms with Gasteiger partial charge >= 0.3 is 5.97 Å². The Kier molecular flexibility index (Phi) is 6.71. The Morgan fingerprint density at radius 2 is 1.79 bits per heavy atom. The minimum Gasteiger partial charge on any atom is -0.462 e. The Hall–Kier alpha value is -2.23. The number of piperidine rings is 1. The van der Waals surface area contributed by atoms with Crippen molar-refractivity contribution in [3.05, 3.63) is 46.8 Å². The van der Waals surface area contributed by atoms with Gasteiger partial charge in [-0.2, -0.15) is 4.31 Å². The van der Waals surface area contributed by atoms with Crippen LogP contribution < -0.4 is 5.32 Å². The fourth-order valence-electron chi connectivity index (χ4n) is 3.03. The maximum atomic E-state index is 12.8. The number of nitrogens with one attached hydrogen (secondary N) is 1. The molecule has 1 aromatic carbocycles. The first-order chi connectivity index (χ1) is 13.8. The van der Waals surface area contributed by atoms with Crippen molar-refractivity contribution < 1.29 is 22.7 Å².